The second-order valence-electron chi connectivity index (χ2n) is 6.35. The zero-order chi connectivity index (χ0) is 18.1. The van der Waals surface area contributed by atoms with E-state index in [0.717, 1.165) is 6.26 Å². The number of carbonyl (C=O) groups is 1. The molecule has 1 fully saturated rings. The summed E-state index contributed by atoms with van der Waals surface area (Å²) >= 11 is 0. The van der Waals surface area contributed by atoms with Crippen molar-refractivity contribution in [2.24, 2.45) is 11.8 Å². The molecule has 2 rings (SSSR count). The minimum absolute atomic E-state index is 0.00800. The lowest BCUT2D eigenvalue weighted by Crippen LogP contribution is -2.42. The Labute approximate surface area is 141 Å². The van der Waals surface area contributed by atoms with Crippen LogP contribution in [0.1, 0.15) is 24.3 Å². The van der Waals surface area contributed by atoms with Gasteiger partial charge >= 0.3 is 0 Å². The summed E-state index contributed by atoms with van der Waals surface area (Å²) in [6, 6.07) is 0.861. The van der Waals surface area contributed by atoms with Crippen molar-refractivity contribution in [3.8, 4) is 5.75 Å². The lowest BCUT2D eigenvalue weighted by Gasteiger charge is -2.22. The Balaban J connectivity index is 2.17. The highest BCUT2D eigenvalue weighted by Gasteiger charge is 2.39. The van der Waals surface area contributed by atoms with Gasteiger partial charge in [0.25, 0.3) is 5.91 Å². The summed E-state index contributed by atoms with van der Waals surface area (Å²) in [7, 11) is -1.94. The molecular formula is C15H23N3O5S. The van der Waals surface area contributed by atoms with Crippen LogP contribution in [0, 0.1) is 11.8 Å². The molecule has 24 heavy (non-hydrogen) atoms. The van der Waals surface area contributed by atoms with Crippen molar-refractivity contribution in [3.63, 3.8) is 0 Å². The molecule has 0 aliphatic carbocycles. The number of pyridine rings is 1. The number of nitrogens with one attached hydrogen (secondary N) is 2. The number of H-pyrrole nitrogens is 1. The molecule has 0 spiro atoms. The van der Waals surface area contributed by atoms with Gasteiger partial charge in [0.15, 0.2) is 5.75 Å². The number of aromatic nitrogens is 1. The predicted molar refractivity (Wildman–Crippen MR) is 89.6 cm³/mol. The summed E-state index contributed by atoms with van der Waals surface area (Å²) < 4.78 is 29.8. The quantitative estimate of drug-likeness (QED) is 0.773. The Morgan fingerprint density at radius 3 is 2.58 bits per heavy atom. The summed E-state index contributed by atoms with van der Waals surface area (Å²) in [6.45, 7) is 4.59. The monoisotopic (exact) mass is 357 g/mol. The van der Waals surface area contributed by atoms with Crippen LogP contribution in [-0.2, 0) is 10.0 Å². The number of sulfonamides is 1. The number of amides is 1. The number of ether oxygens (including phenoxy) is 1. The van der Waals surface area contributed by atoms with E-state index < -0.39 is 21.4 Å². The average Bonchev–Trinajstić information content (AvgIpc) is 2.91. The maximum absolute atomic E-state index is 12.4. The van der Waals surface area contributed by atoms with Gasteiger partial charge < -0.3 is 15.0 Å². The van der Waals surface area contributed by atoms with E-state index >= 15 is 0 Å². The van der Waals surface area contributed by atoms with E-state index in [1.54, 1.807) is 0 Å². The van der Waals surface area contributed by atoms with Crippen molar-refractivity contribution in [2.45, 2.75) is 19.9 Å². The van der Waals surface area contributed by atoms with E-state index in [4.69, 9.17) is 4.74 Å². The molecule has 134 valence electrons. The molecule has 1 amide bonds. The summed E-state index contributed by atoms with van der Waals surface area (Å²) in [6.07, 6.45) is 2.49. The van der Waals surface area contributed by atoms with E-state index in [-0.39, 0.29) is 35.9 Å². The van der Waals surface area contributed by atoms with Crippen LogP contribution in [0.15, 0.2) is 17.1 Å². The number of aromatic amines is 1. The normalized spacial score (nSPS) is 21.9. The molecule has 9 heteroatoms. The summed E-state index contributed by atoms with van der Waals surface area (Å²) in [5, 5.41) is 2.84. The van der Waals surface area contributed by atoms with Crippen molar-refractivity contribution in [2.75, 3.05) is 26.5 Å². The molecule has 2 heterocycles. The van der Waals surface area contributed by atoms with Gasteiger partial charge in [-0.3, -0.25) is 9.59 Å². The van der Waals surface area contributed by atoms with Crippen LogP contribution in [0.3, 0.4) is 0 Å². The van der Waals surface area contributed by atoms with Gasteiger partial charge in [0.2, 0.25) is 15.5 Å². The molecule has 1 aromatic heterocycles. The first-order valence-electron chi connectivity index (χ1n) is 7.66. The number of hydrogen-bond donors (Lipinski definition) is 2. The molecule has 1 aliphatic rings. The van der Waals surface area contributed by atoms with Gasteiger partial charge in [-0.25, -0.2) is 8.42 Å². The fourth-order valence-corrected chi connectivity index (χ4v) is 3.76. The summed E-state index contributed by atoms with van der Waals surface area (Å²) in [4.78, 5) is 26.9. The van der Waals surface area contributed by atoms with Crippen molar-refractivity contribution in [1.29, 1.82) is 0 Å². The molecule has 1 aromatic rings. The zero-order valence-electron chi connectivity index (χ0n) is 14.2. The molecule has 0 bridgehead atoms. The molecule has 1 saturated heterocycles. The summed E-state index contributed by atoms with van der Waals surface area (Å²) in [5.41, 5.74) is -0.285. The maximum atomic E-state index is 12.4. The number of hydrogen-bond acceptors (Lipinski definition) is 5. The third-order valence-corrected chi connectivity index (χ3v) is 5.55. The van der Waals surface area contributed by atoms with Crippen LogP contribution >= 0.6 is 0 Å². The van der Waals surface area contributed by atoms with Crippen LogP contribution < -0.4 is 15.5 Å². The Morgan fingerprint density at radius 2 is 2.08 bits per heavy atom. The van der Waals surface area contributed by atoms with Crippen LogP contribution in [0.25, 0.3) is 0 Å². The topological polar surface area (TPSA) is 109 Å². The molecular weight excluding hydrogens is 334 g/mol. The van der Waals surface area contributed by atoms with Crippen LogP contribution in [0.4, 0.5) is 0 Å². The third kappa shape index (κ3) is 3.96. The van der Waals surface area contributed by atoms with Gasteiger partial charge in [0.1, 0.15) is 5.69 Å². The van der Waals surface area contributed by atoms with Gasteiger partial charge in [-0.05, 0) is 11.8 Å². The number of carbonyl (C=O) groups excluding carboxylic acids is 1. The number of rotatable bonds is 5. The van der Waals surface area contributed by atoms with Crippen LogP contribution in [-0.4, -0.2) is 56.1 Å². The smallest absolute Gasteiger partial charge is 0.268 e. The highest BCUT2D eigenvalue weighted by Crippen LogP contribution is 2.26. The van der Waals surface area contributed by atoms with Gasteiger partial charge in [-0.15, -0.1) is 0 Å². The Hall–Kier alpha value is -1.87. The Morgan fingerprint density at radius 1 is 1.42 bits per heavy atom. The lowest BCUT2D eigenvalue weighted by molar-refractivity contribution is 0.0920. The Kier molecular flexibility index (Phi) is 5.34. The van der Waals surface area contributed by atoms with Crippen molar-refractivity contribution < 1.29 is 17.9 Å². The highest BCUT2D eigenvalue weighted by molar-refractivity contribution is 7.88. The number of nitrogens with zero attached hydrogens (tertiary/aromatic N) is 1. The lowest BCUT2D eigenvalue weighted by atomic mass is 9.91. The van der Waals surface area contributed by atoms with Crippen LogP contribution in [0.2, 0.25) is 0 Å². The third-order valence-electron chi connectivity index (χ3n) is 4.32. The van der Waals surface area contributed by atoms with E-state index in [9.17, 15) is 18.0 Å². The minimum Gasteiger partial charge on any atom is -0.491 e. The summed E-state index contributed by atoms with van der Waals surface area (Å²) in [5.74, 6) is -0.109. The first-order chi connectivity index (χ1) is 11.1. The standard InChI is InChI=1S/C15H23N3O5S/c1-9(2)10-7-18(24(4,21)22)8-12(10)17-15(20)11-5-13(19)14(23-3)6-16-11/h5-6,9-10,12H,7-8H2,1-4H3,(H,16,19)(H,17,20)/t10-,12+/m1/s1. The van der Waals surface area contributed by atoms with Crippen LogP contribution in [0.5, 0.6) is 5.75 Å². The molecule has 0 radical (unpaired) electrons. The maximum Gasteiger partial charge on any atom is 0.268 e. The Bertz CT molecular complexity index is 772. The van der Waals surface area contributed by atoms with Crippen molar-refractivity contribution >= 4 is 15.9 Å². The molecule has 0 aromatic carbocycles. The average molecular weight is 357 g/mol. The van der Waals surface area contributed by atoms with Gasteiger partial charge in [-0.1, -0.05) is 13.8 Å². The minimum atomic E-state index is -3.31. The zero-order valence-corrected chi connectivity index (χ0v) is 15.0. The first-order valence-corrected chi connectivity index (χ1v) is 9.51. The second-order valence-corrected chi connectivity index (χ2v) is 8.33. The van der Waals surface area contributed by atoms with Gasteiger partial charge in [0.05, 0.1) is 13.4 Å². The second kappa shape index (κ2) is 6.94. The molecule has 0 saturated carbocycles. The first kappa shape index (κ1) is 18.5. The van der Waals surface area contributed by atoms with E-state index in [0.29, 0.717) is 6.54 Å². The van der Waals surface area contributed by atoms with Crippen molar-refractivity contribution in [3.05, 3.63) is 28.2 Å². The fraction of sp³-hybridized carbons (Fsp3) is 0.600. The molecule has 1 aliphatic heterocycles. The van der Waals surface area contributed by atoms with E-state index in [1.165, 1.54) is 23.7 Å². The number of methoxy groups -OCH3 is 1. The molecule has 2 atom stereocenters. The predicted octanol–water partition coefficient (Wildman–Crippen LogP) is 0.0293. The fourth-order valence-electron chi connectivity index (χ4n) is 2.89. The molecule has 8 nitrogen and oxygen atoms in total. The van der Waals surface area contributed by atoms with E-state index in [2.05, 4.69) is 10.3 Å². The SMILES string of the molecule is COc1c[nH]c(C(=O)N[C@H]2CN(S(C)(=O)=O)C[C@@H]2C(C)C)cc1=O. The van der Waals surface area contributed by atoms with Gasteiger partial charge in [0, 0.05) is 31.4 Å². The van der Waals surface area contributed by atoms with Gasteiger partial charge in [-0.2, -0.15) is 4.31 Å². The van der Waals surface area contributed by atoms with E-state index in [1.807, 2.05) is 13.8 Å². The molecule has 2 N–H and O–H groups in total. The highest BCUT2D eigenvalue weighted by atomic mass is 32.2. The van der Waals surface area contributed by atoms with Crippen molar-refractivity contribution in [1.82, 2.24) is 14.6 Å². The molecule has 0 unspecified atom stereocenters. The largest absolute Gasteiger partial charge is 0.491 e.